The molecule has 7 nitrogen and oxygen atoms in total. The second kappa shape index (κ2) is 4.69. The van der Waals surface area contributed by atoms with E-state index < -0.39 is 0 Å². The van der Waals surface area contributed by atoms with Gasteiger partial charge in [-0.15, -0.1) is 5.10 Å². The zero-order valence-electron chi connectivity index (χ0n) is 10.1. The van der Waals surface area contributed by atoms with Crippen molar-refractivity contribution in [3.63, 3.8) is 0 Å². The summed E-state index contributed by atoms with van der Waals surface area (Å²) in [6, 6.07) is 6.53. The van der Waals surface area contributed by atoms with Crippen molar-refractivity contribution in [3.8, 4) is 5.75 Å². The van der Waals surface area contributed by atoms with Crippen LogP contribution in [0.25, 0.3) is 0 Å². The first-order valence-electron chi connectivity index (χ1n) is 5.95. The van der Waals surface area contributed by atoms with E-state index in [2.05, 4.69) is 20.9 Å². The van der Waals surface area contributed by atoms with E-state index in [4.69, 9.17) is 5.11 Å². The summed E-state index contributed by atoms with van der Waals surface area (Å²) in [5.41, 5.74) is 0.877. The number of aromatic nitrogens is 3. The van der Waals surface area contributed by atoms with Crippen LogP contribution in [0.2, 0.25) is 0 Å². The van der Waals surface area contributed by atoms with Gasteiger partial charge in [0.15, 0.2) is 5.69 Å². The average Bonchev–Trinajstić information content (AvgIpc) is 2.79. The Morgan fingerprint density at radius 1 is 1.37 bits per heavy atom. The predicted octanol–water partition coefficient (Wildman–Crippen LogP) is 0.380. The van der Waals surface area contributed by atoms with Gasteiger partial charge in [-0.05, 0) is 24.3 Å². The van der Waals surface area contributed by atoms with Crippen molar-refractivity contribution >= 4 is 11.6 Å². The second-order valence-corrected chi connectivity index (χ2v) is 4.40. The lowest BCUT2D eigenvalue weighted by Crippen LogP contribution is -2.43. The largest absolute Gasteiger partial charge is 0.508 e. The Morgan fingerprint density at radius 3 is 2.74 bits per heavy atom. The molecule has 1 fully saturated rings. The SMILES string of the molecule is O=C(Nc1ccc(O)cc1)c1cn(C2CNC2)nn1. The quantitative estimate of drug-likeness (QED) is 0.693. The Labute approximate surface area is 109 Å². The van der Waals surface area contributed by atoms with Crippen LogP contribution in [0.4, 0.5) is 5.69 Å². The van der Waals surface area contributed by atoms with Crippen LogP contribution in [-0.4, -0.2) is 39.1 Å². The first-order valence-corrected chi connectivity index (χ1v) is 5.95. The fraction of sp³-hybridized carbons (Fsp3) is 0.250. The highest BCUT2D eigenvalue weighted by atomic mass is 16.3. The maximum atomic E-state index is 11.9. The van der Waals surface area contributed by atoms with Crippen molar-refractivity contribution < 1.29 is 9.90 Å². The van der Waals surface area contributed by atoms with Gasteiger partial charge in [0.05, 0.1) is 12.2 Å². The molecule has 2 aromatic rings. The van der Waals surface area contributed by atoms with Crippen LogP contribution in [-0.2, 0) is 0 Å². The van der Waals surface area contributed by atoms with Gasteiger partial charge in [0, 0.05) is 18.8 Å². The number of phenols is 1. The number of nitrogens with zero attached hydrogens (tertiary/aromatic N) is 3. The smallest absolute Gasteiger partial charge is 0.277 e. The van der Waals surface area contributed by atoms with Gasteiger partial charge in [-0.3, -0.25) is 4.79 Å². The molecule has 1 aliphatic rings. The monoisotopic (exact) mass is 259 g/mol. The van der Waals surface area contributed by atoms with Gasteiger partial charge >= 0.3 is 0 Å². The minimum absolute atomic E-state index is 0.154. The molecule has 0 radical (unpaired) electrons. The molecule has 19 heavy (non-hydrogen) atoms. The minimum atomic E-state index is -0.316. The van der Waals surface area contributed by atoms with E-state index in [1.807, 2.05) is 0 Å². The normalized spacial score (nSPS) is 14.9. The van der Waals surface area contributed by atoms with Crippen molar-refractivity contribution in [2.75, 3.05) is 18.4 Å². The molecule has 7 heteroatoms. The van der Waals surface area contributed by atoms with Gasteiger partial charge in [0.25, 0.3) is 5.91 Å². The summed E-state index contributed by atoms with van der Waals surface area (Å²) < 4.78 is 1.70. The van der Waals surface area contributed by atoms with E-state index in [9.17, 15) is 4.79 Å². The minimum Gasteiger partial charge on any atom is -0.508 e. The molecule has 0 unspecified atom stereocenters. The highest BCUT2D eigenvalue weighted by molar-refractivity contribution is 6.02. The first kappa shape index (κ1) is 11.7. The lowest BCUT2D eigenvalue weighted by molar-refractivity contribution is 0.102. The average molecular weight is 259 g/mol. The number of carbonyl (C=O) groups is 1. The van der Waals surface area contributed by atoms with Gasteiger partial charge in [-0.2, -0.15) is 0 Å². The molecule has 0 bridgehead atoms. The third kappa shape index (κ3) is 2.41. The third-order valence-electron chi connectivity index (χ3n) is 3.00. The summed E-state index contributed by atoms with van der Waals surface area (Å²) in [5.74, 6) is -0.161. The zero-order chi connectivity index (χ0) is 13.2. The van der Waals surface area contributed by atoms with Crippen LogP contribution >= 0.6 is 0 Å². The van der Waals surface area contributed by atoms with Crippen LogP contribution in [0, 0.1) is 0 Å². The van der Waals surface area contributed by atoms with Gasteiger partial charge in [0.1, 0.15) is 5.75 Å². The van der Waals surface area contributed by atoms with Gasteiger partial charge in [-0.25, -0.2) is 4.68 Å². The predicted molar refractivity (Wildman–Crippen MR) is 68.0 cm³/mol. The van der Waals surface area contributed by atoms with E-state index in [0.29, 0.717) is 5.69 Å². The molecule has 0 atom stereocenters. The summed E-state index contributed by atoms with van der Waals surface area (Å²) in [6.07, 6.45) is 1.64. The third-order valence-corrected chi connectivity index (χ3v) is 3.00. The van der Waals surface area contributed by atoms with Crippen molar-refractivity contribution in [2.45, 2.75) is 6.04 Å². The molecule has 3 rings (SSSR count). The number of hydrogen-bond donors (Lipinski definition) is 3. The van der Waals surface area contributed by atoms with Gasteiger partial charge < -0.3 is 15.7 Å². The Balaban J connectivity index is 1.69. The first-order chi connectivity index (χ1) is 9.22. The summed E-state index contributed by atoms with van der Waals surface area (Å²) in [7, 11) is 0. The number of hydrogen-bond acceptors (Lipinski definition) is 5. The molecule has 3 N–H and O–H groups in total. The van der Waals surface area contributed by atoms with Crippen LogP contribution < -0.4 is 10.6 Å². The van der Waals surface area contributed by atoms with Crippen molar-refractivity contribution in [2.24, 2.45) is 0 Å². The molecule has 0 aliphatic carbocycles. The topological polar surface area (TPSA) is 92.1 Å². The Morgan fingerprint density at radius 2 is 2.11 bits per heavy atom. The Bertz CT molecular complexity index is 588. The van der Waals surface area contributed by atoms with Crippen LogP contribution in [0.15, 0.2) is 30.5 Å². The van der Waals surface area contributed by atoms with Crippen molar-refractivity contribution in [3.05, 3.63) is 36.2 Å². The summed E-state index contributed by atoms with van der Waals surface area (Å²) in [5, 5.41) is 22.8. The van der Waals surface area contributed by atoms with E-state index >= 15 is 0 Å². The molecule has 1 aromatic carbocycles. The van der Waals surface area contributed by atoms with Gasteiger partial charge in [-0.1, -0.05) is 5.21 Å². The lowest BCUT2D eigenvalue weighted by Gasteiger charge is -2.26. The molecule has 1 aromatic heterocycles. The summed E-state index contributed by atoms with van der Waals surface area (Å²) in [4.78, 5) is 11.9. The zero-order valence-corrected chi connectivity index (χ0v) is 10.1. The maximum absolute atomic E-state index is 11.9. The fourth-order valence-corrected chi connectivity index (χ4v) is 1.76. The standard InChI is InChI=1S/C12H13N5O2/c18-10-3-1-8(2-4-10)14-12(19)11-7-17(16-15-11)9-5-13-6-9/h1-4,7,9,13,18H,5-6H2,(H,14,19). The van der Waals surface area contributed by atoms with Crippen molar-refractivity contribution in [1.29, 1.82) is 0 Å². The molecule has 1 aliphatic heterocycles. The number of nitrogens with one attached hydrogen (secondary N) is 2. The summed E-state index contributed by atoms with van der Waals surface area (Å²) in [6.45, 7) is 1.70. The molecular formula is C12H13N5O2. The van der Waals surface area contributed by atoms with E-state index in [1.165, 1.54) is 12.1 Å². The van der Waals surface area contributed by atoms with Crippen LogP contribution in [0.3, 0.4) is 0 Å². The number of phenolic OH excluding ortho intramolecular Hbond substituents is 1. The number of aromatic hydroxyl groups is 1. The number of amides is 1. The second-order valence-electron chi connectivity index (χ2n) is 4.40. The Kier molecular flexibility index (Phi) is 2.88. The molecule has 1 saturated heterocycles. The fourth-order valence-electron chi connectivity index (χ4n) is 1.76. The van der Waals surface area contributed by atoms with Gasteiger partial charge in [0.2, 0.25) is 0 Å². The molecule has 0 saturated carbocycles. The van der Waals surface area contributed by atoms with E-state index in [-0.39, 0.29) is 23.4 Å². The molecule has 0 spiro atoms. The number of benzene rings is 1. The summed E-state index contributed by atoms with van der Waals surface area (Å²) >= 11 is 0. The molecule has 2 heterocycles. The number of carbonyl (C=O) groups excluding carboxylic acids is 1. The Hall–Kier alpha value is -2.41. The van der Waals surface area contributed by atoms with E-state index in [1.54, 1.807) is 23.0 Å². The molecule has 98 valence electrons. The number of rotatable bonds is 3. The van der Waals surface area contributed by atoms with Crippen LogP contribution in [0.1, 0.15) is 16.5 Å². The molecule has 1 amide bonds. The lowest BCUT2D eigenvalue weighted by atomic mass is 10.2. The highest BCUT2D eigenvalue weighted by Crippen LogP contribution is 2.15. The van der Waals surface area contributed by atoms with E-state index in [0.717, 1.165) is 13.1 Å². The highest BCUT2D eigenvalue weighted by Gasteiger charge is 2.21. The number of anilines is 1. The van der Waals surface area contributed by atoms with Crippen LogP contribution in [0.5, 0.6) is 5.75 Å². The maximum Gasteiger partial charge on any atom is 0.277 e. The molecular weight excluding hydrogens is 246 g/mol. The van der Waals surface area contributed by atoms with Crippen molar-refractivity contribution in [1.82, 2.24) is 20.3 Å².